The lowest BCUT2D eigenvalue weighted by Crippen LogP contribution is -2.12. The van der Waals surface area contributed by atoms with Crippen LogP contribution in [0.3, 0.4) is 0 Å². The van der Waals surface area contributed by atoms with Gasteiger partial charge >= 0.3 is 0 Å². The highest BCUT2D eigenvalue weighted by Crippen LogP contribution is 2.26. The predicted molar refractivity (Wildman–Crippen MR) is 105 cm³/mol. The molecule has 0 saturated heterocycles. The number of hydrogen-bond donors (Lipinski definition) is 1. The molecule has 0 unspecified atom stereocenters. The van der Waals surface area contributed by atoms with Crippen LogP contribution in [-0.2, 0) is 0 Å². The lowest BCUT2D eigenvalue weighted by atomic mass is 9.88. The van der Waals surface area contributed by atoms with Gasteiger partial charge in [-0.05, 0) is 30.2 Å². The zero-order valence-electron chi connectivity index (χ0n) is 14.4. The Balaban J connectivity index is 1.86. The third-order valence-electron chi connectivity index (χ3n) is 4.12. The fourth-order valence-corrected chi connectivity index (χ4v) is 2.84. The topological polar surface area (TPSA) is 67.5 Å². The van der Waals surface area contributed by atoms with Gasteiger partial charge in [-0.1, -0.05) is 60.7 Å². The second-order valence-corrected chi connectivity index (χ2v) is 5.92. The smallest absolute Gasteiger partial charge is 0.269 e. The van der Waals surface area contributed by atoms with Gasteiger partial charge in [-0.2, -0.15) is 5.10 Å². The van der Waals surface area contributed by atoms with Gasteiger partial charge in [0.1, 0.15) is 0 Å². The highest BCUT2D eigenvalue weighted by Gasteiger charge is 2.17. The molecule has 26 heavy (non-hydrogen) atoms. The third kappa shape index (κ3) is 4.13. The first-order valence-corrected chi connectivity index (χ1v) is 8.29. The molecule has 0 saturated carbocycles. The standard InChI is InChI=1S/C21H19N3O2/c1-16(22-23-19-12-14-20(15-13-19)24(25)26)21(17-8-4-2-5-9-17)18-10-6-3-7-11-18/h2-15,21,23H,1H3. The van der Waals surface area contributed by atoms with E-state index in [0.717, 1.165) is 16.8 Å². The van der Waals surface area contributed by atoms with E-state index in [0.29, 0.717) is 5.69 Å². The number of rotatable bonds is 6. The Kier molecular flexibility index (Phi) is 5.39. The molecule has 130 valence electrons. The zero-order valence-corrected chi connectivity index (χ0v) is 14.4. The van der Waals surface area contributed by atoms with E-state index < -0.39 is 4.92 Å². The van der Waals surface area contributed by atoms with Crippen LogP contribution in [0.15, 0.2) is 90.0 Å². The summed E-state index contributed by atoms with van der Waals surface area (Å²) in [6.07, 6.45) is 0. The maximum absolute atomic E-state index is 10.7. The molecule has 5 heteroatoms. The minimum absolute atomic E-state index is 0.0305. The SMILES string of the molecule is CC(=NNc1ccc([N+](=O)[O-])cc1)C(c1ccccc1)c1ccccc1. The average molecular weight is 345 g/mol. The Bertz CT molecular complexity index is 852. The van der Waals surface area contributed by atoms with Gasteiger partial charge < -0.3 is 0 Å². The second-order valence-electron chi connectivity index (χ2n) is 5.92. The van der Waals surface area contributed by atoms with Gasteiger partial charge in [-0.25, -0.2) is 0 Å². The van der Waals surface area contributed by atoms with E-state index in [1.165, 1.54) is 12.1 Å². The van der Waals surface area contributed by atoms with Gasteiger partial charge in [-0.15, -0.1) is 0 Å². The Morgan fingerprint density at radius 1 is 0.885 bits per heavy atom. The van der Waals surface area contributed by atoms with Crippen molar-refractivity contribution in [2.75, 3.05) is 5.43 Å². The lowest BCUT2D eigenvalue weighted by Gasteiger charge is -2.18. The van der Waals surface area contributed by atoms with Crippen molar-refractivity contribution < 1.29 is 4.92 Å². The quantitative estimate of drug-likeness (QED) is 0.378. The second kappa shape index (κ2) is 8.07. The summed E-state index contributed by atoms with van der Waals surface area (Å²) in [4.78, 5) is 10.3. The molecule has 0 fully saturated rings. The summed E-state index contributed by atoms with van der Waals surface area (Å²) in [5.41, 5.74) is 6.98. The van der Waals surface area contributed by atoms with Crippen molar-refractivity contribution in [2.45, 2.75) is 12.8 Å². The summed E-state index contributed by atoms with van der Waals surface area (Å²) in [6, 6.07) is 26.6. The van der Waals surface area contributed by atoms with Crippen molar-refractivity contribution in [1.29, 1.82) is 0 Å². The number of non-ortho nitro benzene ring substituents is 1. The zero-order chi connectivity index (χ0) is 18.4. The molecule has 0 spiro atoms. The van der Waals surface area contributed by atoms with Crippen LogP contribution in [0.1, 0.15) is 24.0 Å². The normalized spacial score (nSPS) is 11.4. The highest BCUT2D eigenvalue weighted by molar-refractivity contribution is 5.92. The average Bonchev–Trinajstić information content (AvgIpc) is 2.68. The molecule has 3 aromatic rings. The van der Waals surface area contributed by atoms with E-state index in [4.69, 9.17) is 0 Å². The van der Waals surface area contributed by atoms with Crippen LogP contribution >= 0.6 is 0 Å². The van der Waals surface area contributed by atoms with Crippen LogP contribution in [0.2, 0.25) is 0 Å². The lowest BCUT2D eigenvalue weighted by molar-refractivity contribution is -0.384. The van der Waals surface area contributed by atoms with Gasteiger partial charge in [0.25, 0.3) is 5.69 Å². The van der Waals surface area contributed by atoms with E-state index in [-0.39, 0.29) is 11.6 Å². The van der Waals surface area contributed by atoms with Crippen LogP contribution in [0.4, 0.5) is 11.4 Å². The number of nitro benzene ring substituents is 1. The molecule has 0 bridgehead atoms. The van der Waals surface area contributed by atoms with Gasteiger partial charge in [-0.3, -0.25) is 15.5 Å². The molecule has 0 heterocycles. The number of benzene rings is 3. The number of nitrogens with one attached hydrogen (secondary N) is 1. The molecule has 0 aliphatic heterocycles. The number of nitrogens with zero attached hydrogens (tertiary/aromatic N) is 2. The van der Waals surface area contributed by atoms with Crippen molar-refractivity contribution in [3.05, 3.63) is 106 Å². The van der Waals surface area contributed by atoms with E-state index in [9.17, 15) is 10.1 Å². The van der Waals surface area contributed by atoms with E-state index in [2.05, 4.69) is 34.8 Å². The van der Waals surface area contributed by atoms with Crippen molar-refractivity contribution in [2.24, 2.45) is 5.10 Å². The Morgan fingerprint density at radius 2 is 1.38 bits per heavy atom. The summed E-state index contributed by atoms with van der Waals surface area (Å²) in [7, 11) is 0. The first-order valence-electron chi connectivity index (χ1n) is 8.29. The summed E-state index contributed by atoms with van der Waals surface area (Å²) in [5.74, 6) is 0.0305. The first kappa shape index (κ1) is 17.4. The molecule has 0 aliphatic rings. The Morgan fingerprint density at radius 3 is 1.85 bits per heavy atom. The third-order valence-corrected chi connectivity index (χ3v) is 4.12. The highest BCUT2D eigenvalue weighted by atomic mass is 16.6. The number of nitro groups is 1. The Hall–Kier alpha value is -3.47. The van der Waals surface area contributed by atoms with E-state index in [1.807, 2.05) is 43.3 Å². The molecule has 0 aromatic heterocycles. The van der Waals surface area contributed by atoms with Crippen LogP contribution in [0.25, 0.3) is 0 Å². The molecule has 5 nitrogen and oxygen atoms in total. The maximum Gasteiger partial charge on any atom is 0.269 e. The molecular formula is C21H19N3O2. The monoisotopic (exact) mass is 345 g/mol. The molecule has 1 N–H and O–H groups in total. The molecule has 0 atom stereocenters. The van der Waals surface area contributed by atoms with Crippen molar-refractivity contribution >= 4 is 17.1 Å². The fourth-order valence-electron chi connectivity index (χ4n) is 2.84. The maximum atomic E-state index is 10.7. The summed E-state index contributed by atoms with van der Waals surface area (Å²) >= 11 is 0. The fraction of sp³-hybridized carbons (Fsp3) is 0.0952. The summed E-state index contributed by atoms with van der Waals surface area (Å²) in [5, 5.41) is 15.3. The Labute approximate surface area is 152 Å². The summed E-state index contributed by atoms with van der Waals surface area (Å²) < 4.78 is 0. The predicted octanol–water partition coefficient (Wildman–Crippen LogP) is 5.21. The van der Waals surface area contributed by atoms with Gasteiger partial charge in [0.15, 0.2) is 0 Å². The van der Waals surface area contributed by atoms with Crippen LogP contribution in [0, 0.1) is 10.1 Å². The van der Waals surface area contributed by atoms with Crippen LogP contribution < -0.4 is 5.43 Å². The van der Waals surface area contributed by atoms with Crippen molar-refractivity contribution in [3.63, 3.8) is 0 Å². The molecule has 3 rings (SSSR count). The van der Waals surface area contributed by atoms with Gasteiger partial charge in [0.2, 0.25) is 0 Å². The van der Waals surface area contributed by atoms with Crippen LogP contribution in [0.5, 0.6) is 0 Å². The molecular weight excluding hydrogens is 326 g/mol. The summed E-state index contributed by atoms with van der Waals surface area (Å²) in [6.45, 7) is 1.98. The molecule has 0 aliphatic carbocycles. The van der Waals surface area contributed by atoms with Crippen molar-refractivity contribution in [1.82, 2.24) is 0 Å². The number of hydrogen-bond acceptors (Lipinski definition) is 4. The minimum atomic E-state index is -0.418. The van der Waals surface area contributed by atoms with Crippen LogP contribution in [-0.4, -0.2) is 10.6 Å². The molecule has 0 amide bonds. The van der Waals surface area contributed by atoms with Gasteiger partial charge in [0, 0.05) is 23.8 Å². The largest absolute Gasteiger partial charge is 0.279 e. The molecule has 3 aromatic carbocycles. The van der Waals surface area contributed by atoms with Gasteiger partial charge in [0.05, 0.1) is 10.6 Å². The first-order chi connectivity index (χ1) is 12.6. The van der Waals surface area contributed by atoms with E-state index >= 15 is 0 Å². The number of hydrazone groups is 1. The van der Waals surface area contributed by atoms with Crippen molar-refractivity contribution in [3.8, 4) is 0 Å². The molecule has 0 radical (unpaired) electrons. The number of anilines is 1. The van der Waals surface area contributed by atoms with E-state index in [1.54, 1.807) is 12.1 Å². The minimum Gasteiger partial charge on any atom is -0.279 e.